The zero-order valence-electron chi connectivity index (χ0n) is 11.7. The lowest BCUT2D eigenvalue weighted by Crippen LogP contribution is -2.34. The molecule has 1 fully saturated rings. The summed E-state index contributed by atoms with van der Waals surface area (Å²) in [4.78, 5) is 2.56. The predicted octanol–water partition coefficient (Wildman–Crippen LogP) is 2.12. The van der Waals surface area contributed by atoms with Crippen molar-refractivity contribution in [1.82, 2.24) is 10.2 Å². The van der Waals surface area contributed by atoms with Crippen molar-refractivity contribution in [1.29, 1.82) is 0 Å². The second-order valence-corrected chi connectivity index (χ2v) is 5.05. The number of likely N-dealkylation sites (N-methyl/N-ethyl adjacent to an activating group) is 1. The van der Waals surface area contributed by atoms with Gasteiger partial charge >= 0.3 is 0 Å². The van der Waals surface area contributed by atoms with Crippen molar-refractivity contribution < 1.29 is 4.74 Å². The first-order valence-electron chi connectivity index (χ1n) is 7.37. The highest BCUT2D eigenvalue weighted by atomic mass is 16.5. The van der Waals surface area contributed by atoms with E-state index in [1.807, 2.05) is 0 Å². The van der Waals surface area contributed by atoms with Crippen LogP contribution in [0.2, 0.25) is 0 Å². The highest BCUT2D eigenvalue weighted by molar-refractivity contribution is 4.77. The molecule has 0 amide bonds. The van der Waals surface area contributed by atoms with Gasteiger partial charge in [0.05, 0.1) is 6.61 Å². The van der Waals surface area contributed by atoms with Gasteiger partial charge in [-0.2, -0.15) is 0 Å². The molecule has 1 aliphatic carbocycles. The minimum Gasteiger partial charge on any atom is -0.380 e. The van der Waals surface area contributed by atoms with Crippen LogP contribution in [0.3, 0.4) is 0 Å². The quantitative estimate of drug-likeness (QED) is 0.531. The van der Waals surface area contributed by atoms with Gasteiger partial charge in [-0.1, -0.05) is 20.3 Å². The second kappa shape index (κ2) is 9.86. The summed E-state index contributed by atoms with van der Waals surface area (Å²) in [6.07, 6.45) is 5.31. The van der Waals surface area contributed by atoms with Gasteiger partial charge in [0.1, 0.15) is 0 Å². The number of hydrogen-bond acceptors (Lipinski definition) is 3. The summed E-state index contributed by atoms with van der Waals surface area (Å²) in [5, 5.41) is 3.45. The molecule has 3 nitrogen and oxygen atoms in total. The van der Waals surface area contributed by atoms with E-state index in [9.17, 15) is 0 Å². The molecular weight excluding hydrogens is 212 g/mol. The molecule has 0 aliphatic heterocycles. The van der Waals surface area contributed by atoms with Gasteiger partial charge in [-0.15, -0.1) is 0 Å². The summed E-state index contributed by atoms with van der Waals surface area (Å²) in [6.45, 7) is 12.0. The Balaban J connectivity index is 1.81. The van der Waals surface area contributed by atoms with Crippen molar-refractivity contribution in [3.63, 3.8) is 0 Å². The zero-order chi connectivity index (χ0) is 12.3. The van der Waals surface area contributed by atoms with Crippen LogP contribution in [0.4, 0.5) is 0 Å². The van der Waals surface area contributed by atoms with E-state index in [1.54, 1.807) is 0 Å². The molecule has 102 valence electrons. The van der Waals surface area contributed by atoms with Crippen LogP contribution in [-0.2, 0) is 4.74 Å². The van der Waals surface area contributed by atoms with E-state index in [0.29, 0.717) is 0 Å². The van der Waals surface area contributed by atoms with Crippen LogP contribution in [0, 0.1) is 5.92 Å². The Kier molecular flexibility index (Phi) is 8.67. The Bertz CT molecular complexity index is 172. The molecule has 3 heteroatoms. The van der Waals surface area contributed by atoms with E-state index in [4.69, 9.17) is 4.74 Å². The standard InChI is InChI=1S/C14H30N2O/c1-3-5-11-17-12-9-15-8-10-16(4-2)13-14-6-7-14/h14-15H,3-13H2,1-2H3. The van der Waals surface area contributed by atoms with Gasteiger partial charge < -0.3 is 15.0 Å². The number of ether oxygens (including phenoxy) is 1. The predicted molar refractivity (Wildman–Crippen MR) is 73.4 cm³/mol. The third kappa shape index (κ3) is 8.58. The van der Waals surface area contributed by atoms with Gasteiger partial charge in [0.15, 0.2) is 0 Å². The summed E-state index contributed by atoms with van der Waals surface area (Å²) in [7, 11) is 0. The Morgan fingerprint density at radius 3 is 2.65 bits per heavy atom. The van der Waals surface area contributed by atoms with Gasteiger partial charge in [-0.05, 0) is 31.7 Å². The summed E-state index contributed by atoms with van der Waals surface area (Å²) < 4.78 is 5.51. The van der Waals surface area contributed by atoms with Crippen LogP contribution < -0.4 is 5.32 Å². The number of hydrogen-bond donors (Lipinski definition) is 1. The minimum absolute atomic E-state index is 0.856. The lowest BCUT2D eigenvalue weighted by Gasteiger charge is -2.20. The van der Waals surface area contributed by atoms with Gasteiger partial charge in [0.25, 0.3) is 0 Å². The molecule has 0 spiro atoms. The van der Waals surface area contributed by atoms with Gasteiger partial charge in [-0.3, -0.25) is 0 Å². The summed E-state index contributed by atoms with van der Waals surface area (Å²) in [5.41, 5.74) is 0. The molecule has 1 N–H and O–H groups in total. The maximum absolute atomic E-state index is 5.51. The second-order valence-electron chi connectivity index (χ2n) is 5.05. The average molecular weight is 242 g/mol. The van der Waals surface area contributed by atoms with Crippen LogP contribution in [0.25, 0.3) is 0 Å². The van der Waals surface area contributed by atoms with Gasteiger partial charge in [-0.25, -0.2) is 0 Å². The molecule has 0 atom stereocenters. The van der Waals surface area contributed by atoms with E-state index in [0.717, 1.165) is 32.2 Å². The normalized spacial score (nSPS) is 15.7. The first-order valence-corrected chi connectivity index (χ1v) is 7.37. The SMILES string of the molecule is CCCCOCCNCCN(CC)CC1CC1. The Hall–Kier alpha value is -0.120. The monoisotopic (exact) mass is 242 g/mol. The van der Waals surface area contributed by atoms with Crippen LogP contribution in [0.1, 0.15) is 39.5 Å². The van der Waals surface area contributed by atoms with Crippen LogP contribution in [0.15, 0.2) is 0 Å². The van der Waals surface area contributed by atoms with Crippen molar-refractivity contribution >= 4 is 0 Å². The van der Waals surface area contributed by atoms with Gasteiger partial charge in [0, 0.05) is 32.8 Å². The molecule has 0 aromatic rings. The molecule has 0 aromatic carbocycles. The third-order valence-electron chi connectivity index (χ3n) is 3.33. The number of nitrogens with one attached hydrogen (secondary N) is 1. The Labute approximate surface area is 107 Å². The first kappa shape index (κ1) is 14.9. The first-order chi connectivity index (χ1) is 8.36. The van der Waals surface area contributed by atoms with E-state index < -0.39 is 0 Å². The van der Waals surface area contributed by atoms with E-state index in [1.165, 1.54) is 45.3 Å². The average Bonchev–Trinajstić information content (AvgIpc) is 3.15. The zero-order valence-corrected chi connectivity index (χ0v) is 11.7. The van der Waals surface area contributed by atoms with Crippen LogP contribution >= 0.6 is 0 Å². The van der Waals surface area contributed by atoms with Gasteiger partial charge in [0.2, 0.25) is 0 Å². The highest BCUT2D eigenvalue weighted by Gasteiger charge is 2.23. The molecule has 0 radical (unpaired) electrons. The molecule has 0 aromatic heterocycles. The minimum atomic E-state index is 0.856. The molecule has 1 aliphatic rings. The lowest BCUT2D eigenvalue weighted by molar-refractivity contribution is 0.132. The van der Waals surface area contributed by atoms with Crippen LogP contribution in [-0.4, -0.2) is 50.8 Å². The summed E-state index contributed by atoms with van der Waals surface area (Å²) in [6, 6.07) is 0. The molecule has 0 heterocycles. The van der Waals surface area contributed by atoms with E-state index in [2.05, 4.69) is 24.1 Å². The molecule has 0 saturated heterocycles. The van der Waals surface area contributed by atoms with Crippen molar-refractivity contribution in [2.75, 3.05) is 45.9 Å². The van der Waals surface area contributed by atoms with Crippen molar-refractivity contribution in [3.05, 3.63) is 0 Å². The topological polar surface area (TPSA) is 24.5 Å². The number of nitrogens with zero attached hydrogens (tertiary/aromatic N) is 1. The Morgan fingerprint density at radius 2 is 2.00 bits per heavy atom. The van der Waals surface area contributed by atoms with Crippen molar-refractivity contribution in [3.8, 4) is 0 Å². The molecule has 0 unspecified atom stereocenters. The van der Waals surface area contributed by atoms with E-state index in [-0.39, 0.29) is 0 Å². The fraction of sp³-hybridized carbons (Fsp3) is 1.00. The molecular formula is C14H30N2O. The summed E-state index contributed by atoms with van der Waals surface area (Å²) in [5.74, 6) is 1.01. The van der Waals surface area contributed by atoms with E-state index >= 15 is 0 Å². The van der Waals surface area contributed by atoms with Crippen molar-refractivity contribution in [2.45, 2.75) is 39.5 Å². The fourth-order valence-electron chi connectivity index (χ4n) is 1.90. The smallest absolute Gasteiger partial charge is 0.0590 e. The van der Waals surface area contributed by atoms with Crippen LogP contribution in [0.5, 0.6) is 0 Å². The number of rotatable bonds is 12. The molecule has 1 saturated carbocycles. The molecule has 1 rings (SSSR count). The lowest BCUT2D eigenvalue weighted by atomic mass is 10.3. The largest absolute Gasteiger partial charge is 0.380 e. The number of unbranched alkanes of at least 4 members (excludes halogenated alkanes) is 1. The highest BCUT2D eigenvalue weighted by Crippen LogP contribution is 2.29. The maximum atomic E-state index is 5.51. The molecule has 0 bridgehead atoms. The fourth-order valence-corrected chi connectivity index (χ4v) is 1.90. The Morgan fingerprint density at radius 1 is 1.18 bits per heavy atom. The van der Waals surface area contributed by atoms with Crippen molar-refractivity contribution in [2.24, 2.45) is 5.92 Å². The maximum Gasteiger partial charge on any atom is 0.0590 e. The third-order valence-corrected chi connectivity index (χ3v) is 3.33. The summed E-state index contributed by atoms with van der Waals surface area (Å²) >= 11 is 0. The molecule has 17 heavy (non-hydrogen) atoms.